The highest BCUT2D eigenvalue weighted by atomic mass is 15.2. The summed E-state index contributed by atoms with van der Waals surface area (Å²) in [6.07, 6.45) is 4.51. The molecular weight excluding hydrogens is 811 g/mol. The highest BCUT2D eigenvalue weighted by molar-refractivity contribution is 5.96. The van der Waals surface area contributed by atoms with Crippen molar-refractivity contribution in [3.05, 3.63) is 137 Å². The van der Waals surface area contributed by atoms with Crippen molar-refractivity contribution in [3.63, 3.8) is 0 Å². The summed E-state index contributed by atoms with van der Waals surface area (Å²) in [7, 11) is 0. The van der Waals surface area contributed by atoms with Crippen LogP contribution in [0.4, 0.5) is 34.9 Å². The predicted molar refractivity (Wildman–Crippen MR) is 269 cm³/mol. The van der Waals surface area contributed by atoms with Crippen molar-refractivity contribution in [2.45, 2.75) is 90.0 Å². The molecule has 4 aromatic carbocycles. The second-order valence-electron chi connectivity index (χ2n) is 14.9. The first-order chi connectivity index (χ1) is 29.8. The van der Waals surface area contributed by atoms with Gasteiger partial charge in [-0.15, -0.1) is 0 Å². The Hall–Kier alpha value is -7.81. The van der Waals surface area contributed by atoms with Crippen molar-refractivity contribution in [1.82, 2.24) is 60.5 Å². The van der Waals surface area contributed by atoms with E-state index in [1.807, 2.05) is 126 Å². The molecule has 0 bridgehead atoms. The summed E-state index contributed by atoms with van der Waals surface area (Å²) in [4.78, 5) is 26.9. The van der Waals surface area contributed by atoms with Gasteiger partial charge in [-0.2, -0.15) is 15.3 Å². The Balaban J connectivity index is 0.000000178. The molecule has 0 fully saturated rings. The summed E-state index contributed by atoms with van der Waals surface area (Å²) in [6, 6.07) is 32.0. The zero-order chi connectivity index (χ0) is 41.9. The Morgan fingerprint density at radius 2 is 0.815 bits per heavy atom. The van der Waals surface area contributed by atoms with Gasteiger partial charge in [0.1, 0.15) is 34.9 Å². The number of nitrogens with zero attached hydrogens (tertiary/aromatic N) is 9. The lowest BCUT2D eigenvalue weighted by Crippen LogP contribution is -2.12. The lowest BCUT2D eigenvalue weighted by atomic mass is 9.96. The first-order valence-corrected chi connectivity index (χ1v) is 20.3. The summed E-state index contributed by atoms with van der Waals surface area (Å²) >= 11 is 0. The average Bonchev–Trinajstić information content (AvgIpc) is 4.00. The third-order valence-electron chi connectivity index (χ3n) is 10.6. The van der Waals surface area contributed by atoms with Crippen LogP contribution in [0.2, 0.25) is 0 Å². The number of aryl methyl sites for hydroxylation is 5. The summed E-state index contributed by atoms with van der Waals surface area (Å²) < 4.78 is 0. The molecule has 6 aromatic heterocycles. The lowest BCUT2D eigenvalue weighted by Gasteiger charge is -2.18. The number of aromatic nitrogens is 12. The highest BCUT2D eigenvalue weighted by Crippen LogP contribution is 2.31. The van der Waals surface area contributed by atoms with Crippen LogP contribution in [0.25, 0.3) is 43.6 Å². The molecule has 0 spiro atoms. The number of hydrogen-bond acceptors (Lipinski definition) is 12. The number of fused-ring (bicyclic) bond motifs is 5. The lowest BCUT2D eigenvalue weighted by molar-refractivity contribution is 0.660. The molecule has 336 valence electrons. The van der Waals surface area contributed by atoms with Crippen molar-refractivity contribution >= 4 is 78.5 Å². The molecule has 0 unspecified atom stereocenters. The quantitative estimate of drug-likeness (QED) is 0.0925. The van der Waals surface area contributed by atoms with Gasteiger partial charge in [0.2, 0.25) is 0 Å². The minimum atomic E-state index is 0. The summed E-state index contributed by atoms with van der Waals surface area (Å²) in [6.45, 7) is 9.72. The molecule has 0 saturated heterocycles. The number of nitrogens with one attached hydrogen (secondary N) is 6. The molecule has 1 aliphatic carbocycles. The number of para-hydroxylation sites is 4. The fraction of sp³-hybridized carbons (Fsp3) is 0.260. The second kappa shape index (κ2) is 21.0. The van der Waals surface area contributed by atoms with E-state index in [0.29, 0.717) is 0 Å². The number of anilines is 6. The maximum Gasteiger partial charge on any atom is 0.161 e. The zero-order valence-corrected chi connectivity index (χ0v) is 34.6. The fourth-order valence-corrected chi connectivity index (χ4v) is 7.51. The highest BCUT2D eigenvalue weighted by Gasteiger charge is 2.18. The van der Waals surface area contributed by atoms with E-state index in [0.717, 1.165) is 120 Å². The molecule has 6 heterocycles. The Labute approximate surface area is 380 Å². The van der Waals surface area contributed by atoms with Gasteiger partial charge in [-0.25, -0.2) is 29.9 Å². The number of rotatable bonds is 6. The molecular formula is C50H61N15. The summed E-state index contributed by atoms with van der Waals surface area (Å²) in [5.74, 6) is 7.19. The molecule has 0 aliphatic heterocycles. The maximum absolute atomic E-state index is 4.59. The van der Waals surface area contributed by atoms with E-state index >= 15 is 0 Å². The largest absolute Gasteiger partial charge is 0.323 e. The smallest absolute Gasteiger partial charge is 0.161 e. The van der Waals surface area contributed by atoms with Crippen molar-refractivity contribution in [3.8, 4) is 0 Å². The van der Waals surface area contributed by atoms with E-state index in [2.05, 4.69) is 82.5 Å². The van der Waals surface area contributed by atoms with E-state index in [-0.39, 0.29) is 29.7 Å². The van der Waals surface area contributed by atoms with Gasteiger partial charge in [0.05, 0.1) is 22.1 Å². The van der Waals surface area contributed by atoms with Crippen LogP contribution in [0.15, 0.2) is 97.1 Å². The topological polar surface area (TPSA) is 199 Å². The molecule has 6 N–H and O–H groups in total. The molecule has 15 nitrogen and oxygen atoms in total. The first-order valence-electron chi connectivity index (χ1n) is 20.3. The van der Waals surface area contributed by atoms with Crippen LogP contribution in [0.1, 0.15) is 82.5 Å². The van der Waals surface area contributed by atoms with Crippen molar-refractivity contribution < 1.29 is 0 Å². The predicted octanol–water partition coefficient (Wildman–Crippen LogP) is 12.4. The minimum Gasteiger partial charge on any atom is -0.323 e. The molecule has 0 atom stereocenters. The van der Waals surface area contributed by atoms with E-state index in [1.54, 1.807) is 0 Å². The van der Waals surface area contributed by atoms with Crippen LogP contribution >= 0.6 is 0 Å². The van der Waals surface area contributed by atoms with Crippen LogP contribution in [0, 0.1) is 34.6 Å². The van der Waals surface area contributed by atoms with Crippen molar-refractivity contribution in [2.75, 3.05) is 16.0 Å². The fourth-order valence-electron chi connectivity index (χ4n) is 7.51. The molecule has 0 amide bonds. The standard InChI is InChI=1S/C16H17N5.C16H13N5.C14H15N5.4CH4/c2*1-10-17-13-8-4-2-6-11(13)15(18-10)19-16-12-7-3-5-9-14(12)20-21-16;1-8-9(2)15-10(3)16-13(8)17-14-11-6-4-5-7-12(11)18-19-14;;;;/h3,5,7,9H,2,4,6,8H2,1H3,(H2,17,18,19,20,21);2-9H,1H3,(H2,17,18,19,20,21);4-7H,1-3H3,(H2,15,16,17,18,19);4*1H4. The van der Waals surface area contributed by atoms with Gasteiger partial charge in [0.25, 0.3) is 0 Å². The van der Waals surface area contributed by atoms with Crippen molar-refractivity contribution in [1.29, 1.82) is 0 Å². The van der Waals surface area contributed by atoms with E-state index in [9.17, 15) is 0 Å². The number of H-pyrrole nitrogens is 3. The third-order valence-corrected chi connectivity index (χ3v) is 10.6. The van der Waals surface area contributed by atoms with Crippen LogP contribution in [0.3, 0.4) is 0 Å². The van der Waals surface area contributed by atoms with Crippen LogP contribution in [-0.2, 0) is 12.8 Å². The monoisotopic (exact) mass is 872 g/mol. The van der Waals surface area contributed by atoms with Gasteiger partial charge in [-0.3, -0.25) is 15.3 Å². The molecule has 0 radical (unpaired) electrons. The van der Waals surface area contributed by atoms with Crippen LogP contribution in [0.5, 0.6) is 0 Å². The number of aromatic amines is 3. The second-order valence-corrected chi connectivity index (χ2v) is 14.9. The number of hydrogen-bond donors (Lipinski definition) is 6. The maximum atomic E-state index is 4.59. The van der Waals surface area contributed by atoms with Gasteiger partial charge in [-0.1, -0.05) is 78.2 Å². The Kier molecular flexibility index (Phi) is 15.6. The Bertz CT molecular complexity index is 3160. The molecule has 15 heteroatoms. The summed E-state index contributed by atoms with van der Waals surface area (Å²) in [5, 5.41) is 36.2. The Morgan fingerprint density at radius 1 is 0.400 bits per heavy atom. The van der Waals surface area contributed by atoms with Crippen LogP contribution in [-0.4, -0.2) is 60.5 Å². The zero-order valence-electron chi connectivity index (χ0n) is 34.6. The van der Waals surface area contributed by atoms with Gasteiger partial charge < -0.3 is 16.0 Å². The SMILES string of the molecule is C.C.C.C.Cc1nc(C)c(C)c(Nc2n[nH]c3ccccc23)n1.Cc1nc(Nc2n[nH]c3ccccc23)c2ccccc2n1.Cc1nc2c(c(Nc3n[nH]c4ccccc34)n1)CCCC2. The molecule has 0 saturated carbocycles. The number of benzene rings is 4. The molecule has 1 aliphatic rings. The van der Waals surface area contributed by atoms with Crippen LogP contribution < -0.4 is 16.0 Å². The molecule has 65 heavy (non-hydrogen) atoms. The molecule has 10 aromatic rings. The van der Waals surface area contributed by atoms with E-state index in [4.69, 9.17) is 0 Å². The average molecular weight is 872 g/mol. The summed E-state index contributed by atoms with van der Waals surface area (Å²) in [5.41, 5.74) is 8.41. The van der Waals surface area contributed by atoms with E-state index in [1.165, 1.54) is 24.1 Å². The first kappa shape index (κ1) is 48.2. The minimum absolute atomic E-state index is 0. The third kappa shape index (κ3) is 10.4. The van der Waals surface area contributed by atoms with Gasteiger partial charge >= 0.3 is 0 Å². The normalized spacial score (nSPS) is 11.3. The van der Waals surface area contributed by atoms with Gasteiger partial charge in [0.15, 0.2) is 17.5 Å². The Morgan fingerprint density at radius 3 is 1.38 bits per heavy atom. The van der Waals surface area contributed by atoms with Gasteiger partial charge in [-0.05, 0) is 109 Å². The van der Waals surface area contributed by atoms with E-state index < -0.39 is 0 Å². The van der Waals surface area contributed by atoms with Gasteiger partial charge in [0, 0.05) is 44.1 Å². The molecule has 11 rings (SSSR count). The van der Waals surface area contributed by atoms with Crippen molar-refractivity contribution in [2.24, 2.45) is 0 Å².